The van der Waals surface area contributed by atoms with Crippen molar-refractivity contribution in [1.82, 2.24) is 19.6 Å². The zero-order valence-electron chi connectivity index (χ0n) is 18.0. The largest absolute Gasteiger partial charge is 0.386 e. The molecule has 2 atom stereocenters. The highest BCUT2D eigenvalue weighted by molar-refractivity contribution is 6.31. The van der Waals surface area contributed by atoms with Gasteiger partial charge in [0.05, 0.1) is 5.60 Å². The van der Waals surface area contributed by atoms with Crippen molar-refractivity contribution >= 4 is 29.4 Å². The third-order valence-corrected chi connectivity index (χ3v) is 6.35. The Morgan fingerprint density at radius 2 is 1.87 bits per heavy atom. The fraction of sp³-hybridized carbons (Fsp3) is 0.500. The molecule has 2 aromatic rings. The lowest BCUT2D eigenvalue weighted by Gasteiger charge is -2.23. The van der Waals surface area contributed by atoms with Gasteiger partial charge in [-0.3, -0.25) is 9.69 Å². The molecule has 1 aromatic carbocycles. The maximum absolute atomic E-state index is 12.8. The van der Waals surface area contributed by atoms with Crippen LogP contribution >= 0.6 is 11.6 Å². The van der Waals surface area contributed by atoms with E-state index in [1.807, 2.05) is 23.1 Å². The Bertz CT molecular complexity index is 985. The lowest BCUT2D eigenvalue weighted by atomic mass is 9.96. The lowest BCUT2D eigenvalue weighted by Crippen LogP contribution is -2.36. The van der Waals surface area contributed by atoms with Gasteiger partial charge in [0, 0.05) is 62.5 Å². The Labute approximate surface area is 186 Å². The molecule has 1 aromatic heterocycles. The molecule has 2 N–H and O–H groups in total. The van der Waals surface area contributed by atoms with E-state index in [0.29, 0.717) is 35.8 Å². The Kier molecular flexibility index (Phi) is 5.81. The first-order chi connectivity index (χ1) is 14.6. The fourth-order valence-electron chi connectivity index (χ4n) is 4.60. The van der Waals surface area contributed by atoms with Gasteiger partial charge in [-0.15, -0.1) is 5.10 Å². The number of likely N-dealkylation sites (tertiary alicyclic amines) is 2. The Balaban J connectivity index is 1.35. The number of amides is 2. The molecule has 9 heteroatoms. The number of nitrogens with zero attached hydrogens (tertiary/aromatic N) is 4. The maximum atomic E-state index is 12.8. The van der Waals surface area contributed by atoms with Crippen LogP contribution in [-0.4, -0.2) is 62.8 Å². The molecule has 31 heavy (non-hydrogen) atoms. The molecule has 4 rings (SSSR count). The molecule has 3 heterocycles. The second-order valence-electron chi connectivity index (χ2n) is 9.10. The average Bonchev–Trinajstić information content (AvgIpc) is 3.36. The van der Waals surface area contributed by atoms with Crippen LogP contribution in [0.2, 0.25) is 5.02 Å². The number of aliphatic hydroxyl groups is 1. The quantitative estimate of drug-likeness (QED) is 0.755. The number of carbonyl (C=O) groups is 2. The summed E-state index contributed by atoms with van der Waals surface area (Å²) in [5.41, 5.74) is 0.874. The van der Waals surface area contributed by atoms with Crippen LogP contribution in [-0.2, 0) is 16.9 Å². The van der Waals surface area contributed by atoms with Gasteiger partial charge < -0.3 is 15.3 Å². The summed E-state index contributed by atoms with van der Waals surface area (Å²) in [6, 6.07) is 7.29. The molecule has 0 aliphatic carbocycles. The number of hydrogen-bond acceptors (Lipinski definition) is 5. The van der Waals surface area contributed by atoms with Crippen LogP contribution in [0.4, 0.5) is 10.6 Å². The first kappa shape index (κ1) is 21.8. The minimum absolute atomic E-state index is 0.162. The smallest absolute Gasteiger partial charge is 0.344 e. The first-order valence-corrected chi connectivity index (χ1v) is 10.8. The minimum Gasteiger partial charge on any atom is -0.386 e. The monoisotopic (exact) mass is 445 g/mol. The van der Waals surface area contributed by atoms with E-state index in [1.165, 1.54) is 11.6 Å². The van der Waals surface area contributed by atoms with Crippen LogP contribution in [0.15, 0.2) is 30.5 Å². The number of rotatable bonds is 4. The molecule has 0 spiro atoms. The van der Waals surface area contributed by atoms with E-state index < -0.39 is 5.60 Å². The summed E-state index contributed by atoms with van der Waals surface area (Å²) in [6.45, 7) is 8.92. The topological polar surface area (TPSA) is 90.7 Å². The van der Waals surface area contributed by atoms with Gasteiger partial charge in [0.25, 0.3) is 0 Å². The van der Waals surface area contributed by atoms with Gasteiger partial charge in [0.2, 0.25) is 5.91 Å². The molecule has 2 fully saturated rings. The highest BCUT2D eigenvalue weighted by Crippen LogP contribution is 2.33. The summed E-state index contributed by atoms with van der Waals surface area (Å²) < 4.78 is 1.29. The van der Waals surface area contributed by atoms with Gasteiger partial charge in [-0.05, 0) is 37.3 Å². The van der Waals surface area contributed by atoms with Crippen LogP contribution < -0.4 is 5.32 Å². The Morgan fingerprint density at radius 1 is 1.19 bits per heavy atom. The van der Waals surface area contributed by atoms with E-state index in [2.05, 4.69) is 15.3 Å². The highest BCUT2D eigenvalue weighted by atomic mass is 35.5. The SMILES string of the molecule is CC(=O)Nc1ccn(C(=O)N2CC3CN(Cc4ccc(Cl)c(C(C)(C)O)c4)CC3C2)n1. The molecule has 0 bridgehead atoms. The molecule has 166 valence electrons. The summed E-state index contributed by atoms with van der Waals surface area (Å²) in [7, 11) is 0. The van der Waals surface area contributed by atoms with Crippen LogP contribution in [0.1, 0.15) is 31.9 Å². The molecule has 0 saturated carbocycles. The van der Waals surface area contributed by atoms with Gasteiger partial charge in [0.15, 0.2) is 5.82 Å². The summed E-state index contributed by atoms with van der Waals surface area (Å²) in [4.78, 5) is 28.2. The van der Waals surface area contributed by atoms with E-state index in [-0.39, 0.29) is 11.9 Å². The van der Waals surface area contributed by atoms with Crippen LogP contribution in [0.3, 0.4) is 0 Å². The highest BCUT2D eigenvalue weighted by Gasteiger charge is 2.42. The van der Waals surface area contributed by atoms with Gasteiger partial charge in [-0.25, -0.2) is 4.79 Å². The number of carbonyl (C=O) groups excluding carboxylic acids is 2. The van der Waals surface area contributed by atoms with Crippen molar-refractivity contribution in [1.29, 1.82) is 0 Å². The van der Waals surface area contributed by atoms with Crippen LogP contribution in [0.25, 0.3) is 0 Å². The number of fused-ring (bicyclic) bond motifs is 1. The second kappa shape index (κ2) is 8.26. The summed E-state index contributed by atoms with van der Waals surface area (Å²) in [6.07, 6.45) is 1.58. The summed E-state index contributed by atoms with van der Waals surface area (Å²) in [5, 5.41) is 17.6. The number of benzene rings is 1. The average molecular weight is 446 g/mol. The molecule has 2 aliphatic heterocycles. The lowest BCUT2D eigenvalue weighted by molar-refractivity contribution is -0.114. The molecule has 0 radical (unpaired) electrons. The van der Waals surface area contributed by atoms with Crippen molar-refractivity contribution in [3.05, 3.63) is 46.6 Å². The van der Waals surface area contributed by atoms with Crippen molar-refractivity contribution in [2.75, 3.05) is 31.5 Å². The third kappa shape index (κ3) is 4.76. The first-order valence-electron chi connectivity index (χ1n) is 10.5. The molecule has 2 unspecified atom stereocenters. The van der Waals surface area contributed by atoms with Crippen molar-refractivity contribution in [3.8, 4) is 0 Å². The number of halogens is 1. The summed E-state index contributed by atoms with van der Waals surface area (Å²) >= 11 is 6.26. The molecular formula is C22H28ClN5O3. The van der Waals surface area contributed by atoms with Crippen molar-refractivity contribution in [3.63, 3.8) is 0 Å². The van der Waals surface area contributed by atoms with Crippen molar-refractivity contribution < 1.29 is 14.7 Å². The van der Waals surface area contributed by atoms with E-state index in [0.717, 1.165) is 30.8 Å². The van der Waals surface area contributed by atoms with E-state index in [1.54, 1.807) is 26.1 Å². The summed E-state index contributed by atoms with van der Waals surface area (Å²) in [5.74, 6) is 1.01. The second-order valence-corrected chi connectivity index (χ2v) is 9.51. The normalized spacial score (nSPS) is 21.4. The van der Waals surface area contributed by atoms with Crippen molar-refractivity contribution in [2.45, 2.75) is 32.9 Å². The zero-order valence-corrected chi connectivity index (χ0v) is 18.8. The number of aromatic nitrogens is 2. The Morgan fingerprint density at radius 3 is 2.48 bits per heavy atom. The van der Waals surface area contributed by atoms with Crippen LogP contribution in [0, 0.1) is 11.8 Å². The van der Waals surface area contributed by atoms with E-state index in [4.69, 9.17) is 11.6 Å². The van der Waals surface area contributed by atoms with Crippen molar-refractivity contribution in [2.24, 2.45) is 11.8 Å². The Hall–Kier alpha value is -2.42. The molecule has 2 aliphatic rings. The van der Waals surface area contributed by atoms with Gasteiger partial charge in [-0.2, -0.15) is 4.68 Å². The number of nitrogens with one attached hydrogen (secondary N) is 1. The predicted molar refractivity (Wildman–Crippen MR) is 118 cm³/mol. The minimum atomic E-state index is -0.984. The van der Waals surface area contributed by atoms with Gasteiger partial charge in [-0.1, -0.05) is 23.7 Å². The standard InChI is InChI=1S/C22H28ClN5O3/c1-14(29)24-20-6-7-28(25-20)21(30)27-12-16-10-26(11-17(16)13-27)9-15-4-5-19(23)18(8-15)22(2,3)31/h4-8,16-17,31H,9-13H2,1-3H3,(H,24,25,29). The molecule has 2 saturated heterocycles. The van der Waals surface area contributed by atoms with Gasteiger partial charge in [0.1, 0.15) is 0 Å². The molecule has 2 amide bonds. The fourth-order valence-corrected chi connectivity index (χ4v) is 4.94. The number of anilines is 1. The number of hydrogen-bond donors (Lipinski definition) is 2. The van der Waals surface area contributed by atoms with Crippen LogP contribution in [0.5, 0.6) is 0 Å². The van der Waals surface area contributed by atoms with E-state index in [9.17, 15) is 14.7 Å². The third-order valence-electron chi connectivity index (χ3n) is 6.02. The molecule has 8 nitrogen and oxygen atoms in total. The maximum Gasteiger partial charge on any atom is 0.344 e. The zero-order chi connectivity index (χ0) is 22.3. The van der Waals surface area contributed by atoms with E-state index >= 15 is 0 Å². The molecular weight excluding hydrogens is 418 g/mol. The predicted octanol–water partition coefficient (Wildman–Crippen LogP) is 2.75. The van der Waals surface area contributed by atoms with Gasteiger partial charge >= 0.3 is 6.03 Å².